The van der Waals surface area contributed by atoms with E-state index in [2.05, 4.69) is 73.5 Å². The largest absolute Gasteiger partial charge is 0.338 e. The van der Waals surface area contributed by atoms with E-state index in [1.165, 1.54) is 26.7 Å². The van der Waals surface area contributed by atoms with Crippen molar-refractivity contribution in [3.05, 3.63) is 59.6 Å². The van der Waals surface area contributed by atoms with E-state index in [4.69, 9.17) is 0 Å². The third-order valence-electron chi connectivity index (χ3n) is 3.35. The lowest BCUT2D eigenvalue weighted by atomic mass is 10.1. The molecule has 2 aromatic rings. The van der Waals surface area contributed by atoms with Gasteiger partial charge in [0.1, 0.15) is 0 Å². The van der Waals surface area contributed by atoms with E-state index >= 15 is 0 Å². The minimum atomic E-state index is 1.08. The van der Waals surface area contributed by atoms with Crippen LogP contribution in [0, 0.1) is 0 Å². The fraction of sp³-hybridized carbons (Fsp3) is 0.176. The highest BCUT2D eigenvalue weighted by atomic mass is 32.2. The molecule has 1 nitrogen and oxygen atoms in total. The number of rotatable bonds is 2. The average Bonchev–Trinajstić information content (AvgIpc) is 2.77. The molecular weight excluding hydrogens is 250 g/mol. The van der Waals surface area contributed by atoms with Gasteiger partial charge in [0.25, 0.3) is 0 Å². The molecule has 0 aromatic heterocycles. The van der Waals surface area contributed by atoms with Crippen molar-refractivity contribution in [1.29, 1.82) is 0 Å². The number of thioether (sulfide) groups is 1. The zero-order valence-electron chi connectivity index (χ0n) is 11.3. The number of allylic oxidation sites excluding steroid dienone is 1. The van der Waals surface area contributed by atoms with Gasteiger partial charge in [0.15, 0.2) is 0 Å². The van der Waals surface area contributed by atoms with Crippen LogP contribution in [-0.2, 0) is 0 Å². The summed E-state index contributed by atoms with van der Waals surface area (Å²) in [7, 11) is 2.15. The van der Waals surface area contributed by atoms with E-state index in [0.717, 1.165) is 6.42 Å². The summed E-state index contributed by atoms with van der Waals surface area (Å²) in [5.74, 6) is 0. The van der Waals surface area contributed by atoms with Crippen LogP contribution in [0.25, 0.3) is 11.1 Å². The topological polar surface area (TPSA) is 3.24 Å². The molecule has 2 heteroatoms. The molecule has 1 aliphatic heterocycles. The van der Waals surface area contributed by atoms with E-state index in [9.17, 15) is 0 Å². The zero-order chi connectivity index (χ0) is 13.2. The minimum absolute atomic E-state index is 1.08. The van der Waals surface area contributed by atoms with E-state index in [1.54, 1.807) is 0 Å². The Balaban J connectivity index is 2.01. The van der Waals surface area contributed by atoms with Crippen LogP contribution in [-0.4, -0.2) is 7.05 Å². The third-order valence-corrected chi connectivity index (χ3v) is 4.57. The highest BCUT2D eigenvalue weighted by molar-refractivity contribution is 8.03. The van der Waals surface area contributed by atoms with E-state index in [-0.39, 0.29) is 0 Å². The monoisotopic (exact) mass is 267 g/mol. The van der Waals surface area contributed by atoms with Gasteiger partial charge < -0.3 is 4.90 Å². The van der Waals surface area contributed by atoms with E-state index in [1.807, 2.05) is 11.8 Å². The summed E-state index contributed by atoms with van der Waals surface area (Å²) in [6.07, 6.45) is 3.36. The molecule has 0 aliphatic carbocycles. The van der Waals surface area contributed by atoms with Gasteiger partial charge in [-0.25, -0.2) is 0 Å². The molecule has 0 radical (unpaired) electrons. The van der Waals surface area contributed by atoms with Crippen LogP contribution in [0.15, 0.2) is 64.5 Å². The molecular formula is C17H17NS. The maximum absolute atomic E-state index is 2.29. The zero-order valence-corrected chi connectivity index (χ0v) is 12.1. The number of fused-ring (bicyclic) bond motifs is 1. The van der Waals surface area contributed by atoms with Gasteiger partial charge in [0, 0.05) is 11.9 Å². The predicted molar refractivity (Wildman–Crippen MR) is 84.5 cm³/mol. The number of hydrogen-bond donors (Lipinski definition) is 0. The quantitative estimate of drug-likeness (QED) is 0.740. The molecule has 0 saturated heterocycles. The molecule has 0 saturated carbocycles. The molecule has 3 rings (SSSR count). The van der Waals surface area contributed by atoms with Gasteiger partial charge in [-0.05, 0) is 29.7 Å². The van der Waals surface area contributed by atoms with Gasteiger partial charge in [-0.1, -0.05) is 61.2 Å². The molecule has 0 N–H and O–H groups in total. The van der Waals surface area contributed by atoms with Crippen molar-refractivity contribution in [2.24, 2.45) is 0 Å². The predicted octanol–water partition coefficient (Wildman–Crippen LogP) is 5.15. The summed E-state index contributed by atoms with van der Waals surface area (Å²) in [6, 6.07) is 17.3. The Morgan fingerprint density at radius 3 is 2.58 bits per heavy atom. The van der Waals surface area contributed by atoms with E-state index < -0.39 is 0 Å². The fourth-order valence-electron chi connectivity index (χ4n) is 2.33. The standard InChI is InChI=1S/C17H17NS/c1-3-7-17-18(2)15-12-14(10-11-16(15)19-17)13-8-5-4-6-9-13/h4-12H,3H2,1-2H3. The molecule has 96 valence electrons. The summed E-state index contributed by atoms with van der Waals surface area (Å²) in [4.78, 5) is 3.64. The summed E-state index contributed by atoms with van der Waals surface area (Å²) < 4.78 is 0. The first-order valence-corrected chi connectivity index (χ1v) is 7.42. The smallest absolute Gasteiger partial charge is 0.0758 e. The van der Waals surface area contributed by atoms with Crippen molar-refractivity contribution < 1.29 is 0 Å². The van der Waals surface area contributed by atoms with Gasteiger partial charge in [0.2, 0.25) is 0 Å². The van der Waals surface area contributed by atoms with Crippen molar-refractivity contribution in [2.75, 3.05) is 11.9 Å². The number of nitrogens with zero attached hydrogens (tertiary/aromatic N) is 1. The Morgan fingerprint density at radius 2 is 1.84 bits per heavy atom. The lowest BCUT2D eigenvalue weighted by molar-refractivity contribution is 1.13. The maximum Gasteiger partial charge on any atom is 0.0758 e. The second-order valence-electron chi connectivity index (χ2n) is 4.66. The van der Waals surface area contributed by atoms with Crippen molar-refractivity contribution in [3.63, 3.8) is 0 Å². The van der Waals surface area contributed by atoms with Gasteiger partial charge >= 0.3 is 0 Å². The van der Waals surface area contributed by atoms with Crippen molar-refractivity contribution in [1.82, 2.24) is 0 Å². The minimum Gasteiger partial charge on any atom is -0.338 e. The van der Waals surface area contributed by atoms with Crippen molar-refractivity contribution in [3.8, 4) is 11.1 Å². The molecule has 0 spiro atoms. The Labute approximate surface area is 119 Å². The van der Waals surface area contributed by atoms with Crippen LogP contribution in [0.5, 0.6) is 0 Å². The Kier molecular flexibility index (Phi) is 3.34. The number of benzene rings is 2. The van der Waals surface area contributed by atoms with Crippen LogP contribution >= 0.6 is 11.8 Å². The summed E-state index contributed by atoms with van der Waals surface area (Å²) in [6.45, 7) is 2.18. The molecule has 1 heterocycles. The van der Waals surface area contributed by atoms with Crippen LogP contribution in [0.2, 0.25) is 0 Å². The second-order valence-corrected chi connectivity index (χ2v) is 5.72. The Hall–Kier alpha value is -1.67. The van der Waals surface area contributed by atoms with Crippen molar-refractivity contribution >= 4 is 17.4 Å². The van der Waals surface area contributed by atoms with Gasteiger partial charge in [-0.2, -0.15) is 0 Å². The molecule has 1 aliphatic rings. The SMILES string of the molecule is CCC=C1Sc2ccc(-c3ccccc3)cc2N1C. The Morgan fingerprint density at radius 1 is 1.05 bits per heavy atom. The first kappa shape index (κ1) is 12.4. The van der Waals surface area contributed by atoms with Crippen LogP contribution < -0.4 is 4.90 Å². The summed E-state index contributed by atoms with van der Waals surface area (Å²) in [5.41, 5.74) is 3.87. The fourth-order valence-corrected chi connectivity index (χ4v) is 3.48. The van der Waals surface area contributed by atoms with Gasteiger partial charge in [-0.3, -0.25) is 0 Å². The average molecular weight is 267 g/mol. The highest BCUT2D eigenvalue weighted by Crippen LogP contribution is 2.46. The normalized spacial score (nSPS) is 15.9. The summed E-state index contributed by atoms with van der Waals surface area (Å²) >= 11 is 1.86. The molecule has 0 unspecified atom stereocenters. The van der Waals surface area contributed by atoms with Gasteiger partial charge in [-0.15, -0.1) is 0 Å². The summed E-state index contributed by atoms with van der Waals surface area (Å²) in [5, 5.41) is 1.34. The number of anilines is 1. The first-order chi connectivity index (χ1) is 9.29. The lowest BCUT2D eigenvalue weighted by Gasteiger charge is -2.14. The third kappa shape index (κ3) is 2.28. The first-order valence-electron chi connectivity index (χ1n) is 6.61. The van der Waals surface area contributed by atoms with Crippen molar-refractivity contribution in [2.45, 2.75) is 18.2 Å². The maximum atomic E-state index is 2.29. The van der Waals surface area contributed by atoms with Crippen LogP contribution in [0.3, 0.4) is 0 Å². The molecule has 0 amide bonds. The molecule has 0 atom stereocenters. The van der Waals surface area contributed by atoms with Gasteiger partial charge in [0.05, 0.1) is 10.7 Å². The molecule has 0 bridgehead atoms. The van der Waals surface area contributed by atoms with Crippen LogP contribution in [0.1, 0.15) is 13.3 Å². The molecule has 2 aromatic carbocycles. The Bertz CT molecular complexity index is 616. The molecule has 0 fully saturated rings. The highest BCUT2D eigenvalue weighted by Gasteiger charge is 2.21. The molecule has 19 heavy (non-hydrogen) atoms. The lowest BCUT2D eigenvalue weighted by Crippen LogP contribution is -2.09. The van der Waals surface area contributed by atoms with E-state index in [0.29, 0.717) is 0 Å². The van der Waals surface area contributed by atoms with Crippen LogP contribution in [0.4, 0.5) is 5.69 Å². The number of hydrogen-bond acceptors (Lipinski definition) is 2. The second kappa shape index (κ2) is 5.14.